The second-order valence-electron chi connectivity index (χ2n) is 4.41. The lowest BCUT2D eigenvalue weighted by molar-refractivity contribution is -0.125. The van der Waals surface area contributed by atoms with Gasteiger partial charge in [-0.1, -0.05) is 29.3 Å². The van der Waals surface area contributed by atoms with Gasteiger partial charge in [-0.2, -0.15) is 0 Å². The van der Waals surface area contributed by atoms with Gasteiger partial charge in [0.25, 0.3) is 5.91 Å². The minimum atomic E-state index is -0.422. The summed E-state index contributed by atoms with van der Waals surface area (Å²) >= 11 is 11.5. The number of aromatic nitrogens is 1. The van der Waals surface area contributed by atoms with Crippen molar-refractivity contribution in [2.45, 2.75) is 0 Å². The zero-order valence-electron chi connectivity index (χ0n) is 11.9. The van der Waals surface area contributed by atoms with Crippen molar-refractivity contribution in [1.82, 2.24) is 10.3 Å². The first-order valence-electron chi connectivity index (χ1n) is 6.60. The SMILES string of the molecule is O=C(COc1ccc(Cl)cc1)NCC(=O)Nc1cccc(Cl)n1. The fraction of sp³-hybridized carbons (Fsp3) is 0.133. The lowest BCUT2D eigenvalue weighted by Gasteiger charge is -2.08. The third-order valence-corrected chi connectivity index (χ3v) is 3.07. The van der Waals surface area contributed by atoms with E-state index >= 15 is 0 Å². The van der Waals surface area contributed by atoms with Gasteiger partial charge in [-0.25, -0.2) is 4.98 Å². The Morgan fingerprint density at radius 3 is 2.48 bits per heavy atom. The average molecular weight is 354 g/mol. The van der Waals surface area contributed by atoms with Gasteiger partial charge >= 0.3 is 0 Å². The van der Waals surface area contributed by atoms with Crippen LogP contribution in [-0.4, -0.2) is 29.9 Å². The number of hydrogen-bond acceptors (Lipinski definition) is 4. The standard InChI is InChI=1S/C15H13Cl2N3O3/c16-10-4-6-11(7-5-10)23-9-15(22)18-8-14(21)20-13-3-1-2-12(17)19-13/h1-7H,8-9H2,(H,18,22)(H,19,20,21). The van der Waals surface area contributed by atoms with Crippen molar-refractivity contribution >= 4 is 40.8 Å². The van der Waals surface area contributed by atoms with Crippen molar-refractivity contribution in [2.75, 3.05) is 18.5 Å². The van der Waals surface area contributed by atoms with E-state index in [-0.39, 0.29) is 18.3 Å². The molecule has 1 aromatic carbocycles. The van der Waals surface area contributed by atoms with Gasteiger partial charge in [-0.05, 0) is 36.4 Å². The van der Waals surface area contributed by atoms with E-state index in [4.69, 9.17) is 27.9 Å². The molecule has 0 radical (unpaired) electrons. The third kappa shape index (κ3) is 6.14. The molecular weight excluding hydrogens is 341 g/mol. The fourth-order valence-corrected chi connectivity index (χ4v) is 1.86. The molecule has 2 N–H and O–H groups in total. The molecule has 8 heteroatoms. The van der Waals surface area contributed by atoms with Gasteiger partial charge in [-0.15, -0.1) is 0 Å². The maximum atomic E-state index is 11.7. The Kier molecular flexibility index (Phi) is 6.19. The van der Waals surface area contributed by atoms with E-state index in [0.717, 1.165) is 0 Å². The number of anilines is 1. The Hall–Kier alpha value is -2.31. The molecule has 0 aliphatic rings. The minimum absolute atomic E-state index is 0.197. The molecule has 0 spiro atoms. The van der Waals surface area contributed by atoms with Crippen LogP contribution in [0.1, 0.15) is 0 Å². The molecule has 0 fully saturated rings. The van der Waals surface area contributed by atoms with E-state index in [1.807, 2.05) is 0 Å². The largest absolute Gasteiger partial charge is 0.484 e. The summed E-state index contributed by atoms with van der Waals surface area (Å²) in [5, 5.41) is 5.79. The molecule has 0 saturated carbocycles. The number of carbonyl (C=O) groups is 2. The molecule has 1 heterocycles. The summed E-state index contributed by atoms with van der Waals surface area (Å²) in [6.07, 6.45) is 0. The van der Waals surface area contributed by atoms with E-state index in [1.54, 1.807) is 42.5 Å². The predicted molar refractivity (Wildman–Crippen MR) is 87.8 cm³/mol. The quantitative estimate of drug-likeness (QED) is 0.782. The Bertz CT molecular complexity index is 693. The van der Waals surface area contributed by atoms with Gasteiger partial charge in [0.2, 0.25) is 5.91 Å². The Labute approximate surface area is 142 Å². The van der Waals surface area contributed by atoms with Gasteiger partial charge in [0.1, 0.15) is 16.7 Å². The molecule has 0 aliphatic heterocycles. The van der Waals surface area contributed by atoms with E-state index in [9.17, 15) is 9.59 Å². The summed E-state index contributed by atoms with van der Waals surface area (Å²) in [5.41, 5.74) is 0. The highest BCUT2D eigenvalue weighted by Gasteiger charge is 2.07. The van der Waals surface area contributed by atoms with Crippen molar-refractivity contribution in [1.29, 1.82) is 0 Å². The smallest absolute Gasteiger partial charge is 0.258 e. The molecule has 120 valence electrons. The number of carbonyl (C=O) groups excluding carboxylic acids is 2. The lowest BCUT2D eigenvalue weighted by Crippen LogP contribution is -2.35. The number of pyridine rings is 1. The van der Waals surface area contributed by atoms with Crippen molar-refractivity contribution in [3.63, 3.8) is 0 Å². The van der Waals surface area contributed by atoms with E-state index in [2.05, 4.69) is 15.6 Å². The molecule has 2 aromatic rings. The van der Waals surface area contributed by atoms with E-state index in [1.165, 1.54) is 0 Å². The number of halogens is 2. The van der Waals surface area contributed by atoms with Crippen LogP contribution in [0.4, 0.5) is 5.82 Å². The molecule has 6 nitrogen and oxygen atoms in total. The summed E-state index contributed by atoms with van der Waals surface area (Å²) in [7, 11) is 0. The first kappa shape index (κ1) is 17.1. The molecule has 2 amide bonds. The number of hydrogen-bond donors (Lipinski definition) is 2. The van der Waals surface area contributed by atoms with Crippen molar-refractivity contribution in [3.05, 3.63) is 52.6 Å². The number of nitrogens with one attached hydrogen (secondary N) is 2. The zero-order chi connectivity index (χ0) is 16.7. The molecule has 0 aliphatic carbocycles. The lowest BCUT2D eigenvalue weighted by atomic mass is 10.3. The van der Waals surface area contributed by atoms with Crippen LogP contribution in [0.5, 0.6) is 5.75 Å². The monoisotopic (exact) mass is 353 g/mol. The third-order valence-electron chi connectivity index (χ3n) is 2.61. The van der Waals surface area contributed by atoms with Crippen molar-refractivity contribution in [2.24, 2.45) is 0 Å². The Morgan fingerprint density at radius 2 is 1.78 bits per heavy atom. The van der Waals surface area contributed by atoms with Crippen LogP contribution >= 0.6 is 23.2 Å². The topological polar surface area (TPSA) is 80.3 Å². The first-order chi connectivity index (χ1) is 11.0. The molecule has 2 rings (SSSR count). The summed E-state index contributed by atoms with van der Waals surface area (Å²) in [6, 6.07) is 11.4. The van der Waals surface area contributed by atoms with E-state index < -0.39 is 11.8 Å². The van der Waals surface area contributed by atoms with Crippen molar-refractivity contribution in [3.8, 4) is 5.75 Å². The van der Waals surface area contributed by atoms with E-state index in [0.29, 0.717) is 16.6 Å². The molecule has 0 unspecified atom stereocenters. The molecule has 0 bridgehead atoms. The molecule has 23 heavy (non-hydrogen) atoms. The highest BCUT2D eigenvalue weighted by molar-refractivity contribution is 6.30. The number of amides is 2. The number of ether oxygens (including phenoxy) is 1. The molecule has 0 atom stereocenters. The summed E-state index contributed by atoms with van der Waals surface area (Å²) in [5.74, 6) is -0.0138. The van der Waals surface area contributed by atoms with Gasteiger partial charge in [0, 0.05) is 5.02 Å². The Balaban J connectivity index is 1.71. The summed E-state index contributed by atoms with van der Waals surface area (Å²) < 4.78 is 5.26. The predicted octanol–water partition coefficient (Wildman–Crippen LogP) is 2.52. The van der Waals surface area contributed by atoms with Crippen LogP contribution in [-0.2, 0) is 9.59 Å². The average Bonchev–Trinajstić information content (AvgIpc) is 2.52. The number of benzene rings is 1. The van der Waals surface area contributed by atoms with Gasteiger partial charge in [-0.3, -0.25) is 9.59 Å². The van der Waals surface area contributed by atoms with Gasteiger partial charge in [0.05, 0.1) is 6.54 Å². The van der Waals surface area contributed by atoms with Gasteiger partial charge < -0.3 is 15.4 Å². The highest BCUT2D eigenvalue weighted by Crippen LogP contribution is 2.15. The second kappa shape index (κ2) is 8.36. The fourth-order valence-electron chi connectivity index (χ4n) is 1.57. The molecule has 0 saturated heterocycles. The maximum absolute atomic E-state index is 11.7. The number of rotatable bonds is 6. The zero-order valence-corrected chi connectivity index (χ0v) is 13.4. The maximum Gasteiger partial charge on any atom is 0.258 e. The summed E-state index contributed by atoms with van der Waals surface area (Å²) in [6.45, 7) is -0.401. The first-order valence-corrected chi connectivity index (χ1v) is 7.36. The van der Waals surface area contributed by atoms with Crippen LogP contribution < -0.4 is 15.4 Å². The molecule has 1 aromatic heterocycles. The van der Waals surface area contributed by atoms with Crippen LogP contribution in [0.3, 0.4) is 0 Å². The van der Waals surface area contributed by atoms with Crippen molar-refractivity contribution < 1.29 is 14.3 Å². The van der Waals surface area contributed by atoms with Crippen LogP contribution in [0, 0.1) is 0 Å². The van der Waals surface area contributed by atoms with Crippen LogP contribution in [0.25, 0.3) is 0 Å². The number of nitrogens with zero attached hydrogens (tertiary/aromatic N) is 1. The second-order valence-corrected chi connectivity index (χ2v) is 5.24. The Morgan fingerprint density at radius 1 is 1.04 bits per heavy atom. The van der Waals surface area contributed by atoms with Gasteiger partial charge in [0.15, 0.2) is 6.61 Å². The summed E-state index contributed by atoms with van der Waals surface area (Å²) in [4.78, 5) is 27.2. The molecular formula is C15H13Cl2N3O3. The highest BCUT2D eigenvalue weighted by atomic mass is 35.5. The normalized spacial score (nSPS) is 10.0. The minimum Gasteiger partial charge on any atom is -0.484 e. The van der Waals surface area contributed by atoms with Crippen LogP contribution in [0.15, 0.2) is 42.5 Å². The van der Waals surface area contributed by atoms with Crippen LogP contribution in [0.2, 0.25) is 10.2 Å².